The van der Waals surface area contributed by atoms with Crippen LogP contribution in [-0.2, 0) is 35.7 Å². The van der Waals surface area contributed by atoms with E-state index >= 15 is 0 Å². The number of rotatable bonds is 3. The summed E-state index contributed by atoms with van der Waals surface area (Å²) in [6, 6.07) is 53.1. The van der Waals surface area contributed by atoms with Crippen molar-refractivity contribution in [2.24, 2.45) is 0 Å². The monoisotopic (exact) mass is 1020 g/mol. The zero-order valence-electron chi connectivity index (χ0n) is 37.4. The van der Waals surface area contributed by atoms with Crippen LogP contribution in [0.5, 0.6) is 0 Å². The van der Waals surface area contributed by atoms with Crippen molar-refractivity contribution in [3.8, 4) is 22.5 Å². The summed E-state index contributed by atoms with van der Waals surface area (Å²) in [5, 5.41) is 17.4. The molecule has 6 nitrogen and oxygen atoms in total. The predicted octanol–water partition coefficient (Wildman–Crippen LogP) is 14.4. The van der Waals surface area contributed by atoms with Gasteiger partial charge in [0.25, 0.3) is 0 Å². The summed E-state index contributed by atoms with van der Waals surface area (Å²) in [6.45, 7) is 16.2. The second-order valence-corrected chi connectivity index (χ2v) is 18.0. The van der Waals surface area contributed by atoms with Crippen LogP contribution < -0.4 is 0 Å². The Hall–Kier alpha value is -6.66. The number of carbonyl (C=O) groups is 1. The van der Waals surface area contributed by atoms with Gasteiger partial charge in [0.2, 0.25) is 0 Å². The molecule has 64 heavy (non-hydrogen) atoms. The number of fused-ring (bicyclic) bond motifs is 12. The first kappa shape index (κ1) is 45.4. The molecule has 7 heteroatoms. The van der Waals surface area contributed by atoms with E-state index in [1.54, 1.807) is 0 Å². The molecule has 0 aliphatic carbocycles. The van der Waals surface area contributed by atoms with E-state index in [-0.39, 0.29) is 42.5 Å². The maximum atomic E-state index is 10.0. The first-order valence-corrected chi connectivity index (χ1v) is 21.2. The van der Waals surface area contributed by atoms with E-state index in [4.69, 9.17) is 25.0 Å². The van der Waals surface area contributed by atoms with Crippen molar-refractivity contribution in [2.75, 3.05) is 0 Å². The average molecular weight is 1020 g/mol. The molecule has 8 aromatic carbocycles. The van der Waals surface area contributed by atoms with Crippen LogP contribution in [0.2, 0.25) is 0 Å². The number of hydrogen-bond donors (Lipinski definition) is 1. The van der Waals surface area contributed by atoms with Crippen LogP contribution in [-0.4, -0.2) is 30.8 Å². The van der Waals surface area contributed by atoms with Crippen molar-refractivity contribution in [3.63, 3.8) is 0 Å². The first-order valence-electron chi connectivity index (χ1n) is 21.2. The summed E-state index contributed by atoms with van der Waals surface area (Å²) in [5.41, 5.74) is 10.6. The molecular formula is C57H50IrN4O2-2. The average Bonchev–Trinajstić information content (AvgIpc) is 3.28. The Balaban J connectivity index is 0.000000165. The van der Waals surface area contributed by atoms with Crippen LogP contribution in [0.4, 0.5) is 0 Å². The maximum absolute atomic E-state index is 10.0. The number of allylic oxidation sites excluding steroid dienone is 2. The van der Waals surface area contributed by atoms with Gasteiger partial charge in [0.1, 0.15) is 0 Å². The molecule has 0 amide bonds. The van der Waals surface area contributed by atoms with Gasteiger partial charge < -0.3 is 15.1 Å². The van der Waals surface area contributed by atoms with Gasteiger partial charge in [0.05, 0.1) is 28.2 Å². The predicted molar refractivity (Wildman–Crippen MR) is 262 cm³/mol. The third-order valence-electron chi connectivity index (χ3n) is 11.2. The molecule has 0 unspecified atom stereocenters. The van der Waals surface area contributed by atoms with E-state index in [1.807, 2.05) is 36.7 Å². The normalized spacial score (nSPS) is 11.8. The van der Waals surface area contributed by atoms with E-state index in [2.05, 4.69) is 163 Å². The fraction of sp³-hybridized carbons (Fsp3) is 0.175. The Labute approximate surface area is 388 Å². The quantitative estimate of drug-likeness (QED) is 0.0821. The molecule has 10 aromatic rings. The standard InChI is InChI=1S/2C26H21N2.C5H8O2.Ir/c2*1-26(2,3)18-14-12-17(13-15-18)23-16-27-24-21-10-6-4-8-19(21)20-9-5-7-11-22(20)25(24)28-23;1-4(6)3-5(2)7;/h2*4-9,11-16H,1-3H3;3,6H,1-2H3;/q2*-1;;. The summed E-state index contributed by atoms with van der Waals surface area (Å²) in [6.07, 6.45) is 4.92. The van der Waals surface area contributed by atoms with E-state index in [1.165, 1.54) is 52.6 Å². The third-order valence-corrected chi connectivity index (χ3v) is 11.2. The zero-order valence-corrected chi connectivity index (χ0v) is 39.8. The number of nitrogens with zero attached hydrogens (tertiary/aromatic N) is 4. The van der Waals surface area contributed by atoms with Crippen molar-refractivity contribution < 1.29 is 30.0 Å². The van der Waals surface area contributed by atoms with Gasteiger partial charge in [-0.1, -0.05) is 160 Å². The molecular weight excluding hydrogens is 965 g/mol. The van der Waals surface area contributed by atoms with Gasteiger partial charge in [-0.05, 0) is 46.6 Å². The van der Waals surface area contributed by atoms with Crippen LogP contribution in [0.15, 0.2) is 158 Å². The van der Waals surface area contributed by atoms with Gasteiger partial charge in [0, 0.05) is 60.7 Å². The van der Waals surface area contributed by atoms with Crippen molar-refractivity contribution in [3.05, 3.63) is 181 Å². The van der Waals surface area contributed by atoms with Gasteiger partial charge in [-0.2, -0.15) is 0 Å². The summed E-state index contributed by atoms with van der Waals surface area (Å²) >= 11 is 0. The summed E-state index contributed by atoms with van der Waals surface area (Å²) < 4.78 is 0. The number of carbonyl (C=O) groups excluding carboxylic acids is 1. The molecule has 2 aromatic heterocycles. The minimum Gasteiger partial charge on any atom is -0.512 e. The number of hydrogen-bond acceptors (Lipinski definition) is 6. The molecule has 0 atom stereocenters. The van der Waals surface area contributed by atoms with Gasteiger partial charge >= 0.3 is 0 Å². The van der Waals surface area contributed by atoms with Crippen LogP contribution in [0.3, 0.4) is 0 Å². The number of aliphatic hydroxyl groups excluding tert-OH is 1. The zero-order chi connectivity index (χ0) is 44.5. The van der Waals surface area contributed by atoms with Crippen molar-refractivity contribution in [1.29, 1.82) is 0 Å². The van der Waals surface area contributed by atoms with Crippen molar-refractivity contribution in [1.82, 2.24) is 19.9 Å². The molecule has 0 bridgehead atoms. The number of aliphatic hydroxyl groups is 1. The van der Waals surface area contributed by atoms with Crippen LogP contribution in [0, 0.1) is 12.1 Å². The Morgan fingerprint density at radius 3 is 1.19 bits per heavy atom. The Kier molecular flexibility index (Phi) is 13.2. The molecule has 1 radical (unpaired) electrons. The Morgan fingerprint density at radius 2 is 0.859 bits per heavy atom. The minimum atomic E-state index is -0.125. The molecule has 10 rings (SSSR count). The first-order chi connectivity index (χ1) is 30.2. The molecule has 0 saturated heterocycles. The topological polar surface area (TPSA) is 88.9 Å². The van der Waals surface area contributed by atoms with E-state index in [9.17, 15) is 4.79 Å². The van der Waals surface area contributed by atoms with Gasteiger partial charge in [-0.15, -0.1) is 59.3 Å². The second kappa shape index (κ2) is 18.6. The smallest absolute Gasteiger partial charge is 0.155 e. The van der Waals surface area contributed by atoms with E-state index in [0.29, 0.717) is 0 Å². The molecule has 1 N–H and O–H groups in total. The molecule has 0 spiro atoms. The largest absolute Gasteiger partial charge is 0.512 e. The molecule has 0 saturated carbocycles. The van der Waals surface area contributed by atoms with Crippen molar-refractivity contribution >= 4 is 70.9 Å². The van der Waals surface area contributed by atoms with Crippen LogP contribution >= 0.6 is 0 Å². The third kappa shape index (κ3) is 9.47. The number of ketones is 1. The Morgan fingerprint density at radius 1 is 0.500 bits per heavy atom. The molecule has 0 fully saturated rings. The summed E-state index contributed by atoms with van der Waals surface area (Å²) in [4.78, 5) is 29.7. The van der Waals surface area contributed by atoms with E-state index in [0.717, 1.165) is 66.1 Å². The van der Waals surface area contributed by atoms with Gasteiger partial charge in [0.15, 0.2) is 5.78 Å². The summed E-state index contributed by atoms with van der Waals surface area (Å²) in [5.74, 6) is -0.0625. The van der Waals surface area contributed by atoms with Gasteiger partial charge in [-0.25, -0.2) is 0 Å². The molecule has 0 aliphatic rings. The fourth-order valence-corrected chi connectivity index (χ4v) is 7.94. The molecule has 321 valence electrons. The summed E-state index contributed by atoms with van der Waals surface area (Å²) in [7, 11) is 0. The SMILES string of the molecule is CC(=O)C=C(C)O.CC(C)(C)c1ccc(-c2cnc3c4[c-]cccc4c4ccccc4c3n2)cc1.CC(C)(C)c1ccc(-c2cnc3c4[c-]cccc4c4ccccc4c3n2)cc1.[Ir]. The van der Waals surface area contributed by atoms with Crippen molar-refractivity contribution in [2.45, 2.75) is 66.2 Å². The van der Waals surface area contributed by atoms with E-state index < -0.39 is 0 Å². The molecule has 2 heterocycles. The minimum absolute atomic E-state index is 0. The van der Waals surface area contributed by atoms with Crippen LogP contribution in [0.25, 0.3) is 87.7 Å². The fourth-order valence-electron chi connectivity index (χ4n) is 7.94. The second-order valence-electron chi connectivity index (χ2n) is 18.0. The number of benzene rings is 8. The Bertz CT molecular complexity index is 3060. The maximum Gasteiger partial charge on any atom is 0.155 e. The van der Waals surface area contributed by atoms with Gasteiger partial charge in [-0.3, -0.25) is 14.8 Å². The number of aromatic nitrogens is 4. The van der Waals surface area contributed by atoms with Crippen LogP contribution in [0.1, 0.15) is 66.5 Å². The molecule has 0 aliphatic heterocycles.